The second-order valence-corrected chi connectivity index (χ2v) is 8.85. The summed E-state index contributed by atoms with van der Waals surface area (Å²) in [6.07, 6.45) is 1.72. The molecule has 5 N–H and O–H groups in total. The Morgan fingerprint density at radius 3 is 2.32 bits per heavy atom. The van der Waals surface area contributed by atoms with Crippen molar-refractivity contribution in [1.82, 2.24) is 9.55 Å². The molecule has 6 rings (SSSR count). The van der Waals surface area contributed by atoms with Gasteiger partial charge in [0.25, 0.3) is 5.56 Å². The number of allylic oxidation sites excluding steroid dienone is 1. The minimum atomic E-state index is -0.523. The van der Waals surface area contributed by atoms with Gasteiger partial charge in [0.15, 0.2) is 0 Å². The smallest absolute Gasteiger partial charge is 0.270 e. The standard InChI is InChI=1S/C30H21N5O3/c31-16-21-26(32)24-20(17-9-3-1-4-10-17)15-23(38-29(24)34-28(21)33)25-27(36)19-13-7-8-14-22(19)35(30(25)37)18-11-5-2-6-12-18/h1-15,20,36H,(H4,32,33,34). The topological polar surface area (TPSA) is 140 Å². The Kier molecular flexibility index (Phi) is 5.32. The molecule has 1 aliphatic rings. The van der Waals surface area contributed by atoms with Gasteiger partial charge in [-0.3, -0.25) is 9.36 Å². The van der Waals surface area contributed by atoms with Crippen molar-refractivity contribution in [2.24, 2.45) is 0 Å². The number of anilines is 2. The van der Waals surface area contributed by atoms with Gasteiger partial charge in [0.1, 0.15) is 34.5 Å². The fourth-order valence-corrected chi connectivity index (χ4v) is 4.92. The van der Waals surface area contributed by atoms with Crippen LogP contribution in [0.5, 0.6) is 11.6 Å². The number of aromatic hydroxyl groups is 1. The fourth-order valence-electron chi connectivity index (χ4n) is 4.92. The van der Waals surface area contributed by atoms with Gasteiger partial charge >= 0.3 is 0 Å². The molecule has 0 spiro atoms. The molecule has 0 bridgehead atoms. The minimum absolute atomic E-state index is 0.0255. The predicted octanol–water partition coefficient (Wildman–Crippen LogP) is 4.69. The van der Waals surface area contributed by atoms with Crippen LogP contribution < -0.4 is 21.8 Å². The van der Waals surface area contributed by atoms with E-state index >= 15 is 0 Å². The molecule has 0 radical (unpaired) electrons. The number of hydrogen-bond acceptors (Lipinski definition) is 7. The molecule has 0 amide bonds. The monoisotopic (exact) mass is 499 g/mol. The molecule has 1 aliphatic heterocycles. The number of nitriles is 1. The zero-order chi connectivity index (χ0) is 26.4. The van der Waals surface area contributed by atoms with E-state index < -0.39 is 11.5 Å². The van der Waals surface area contributed by atoms with Gasteiger partial charge in [0.2, 0.25) is 5.88 Å². The van der Waals surface area contributed by atoms with Crippen LogP contribution in [0.4, 0.5) is 11.5 Å². The number of pyridine rings is 2. The number of nitrogens with zero attached hydrogens (tertiary/aromatic N) is 3. The van der Waals surface area contributed by atoms with Gasteiger partial charge in [-0.15, -0.1) is 0 Å². The lowest BCUT2D eigenvalue weighted by molar-refractivity contribution is 0.450. The SMILES string of the molecule is N#Cc1c(N)nc2c(c1N)C(c1ccccc1)C=C(c1c(O)c3ccccc3n(-c3ccccc3)c1=O)O2. The van der Waals surface area contributed by atoms with Crippen molar-refractivity contribution in [3.8, 4) is 23.4 Å². The average Bonchev–Trinajstić information content (AvgIpc) is 2.94. The number of rotatable bonds is 3. The molecule has 5 aromatic rings. The second-order valence-electron chi connectivity index (χ2n) is 8.85. The summed E-state index contributed by atoms with van der Waals surface area (Å²) in [5.41, 5.74) is 14.6. The number of benzene rings is 3. The van der Waals surface area contributed by atoms with Crippen molar-refractivity contribution >= 4 is 28.2 Å². The van der Waals surface area contributed by atoms with E-state index in [0.717, 1.165) is 5.56 Å². The summed E-state index contributed by atoms with van der Waals surface area (Å²) in [6, 6.07) is 27.7. The van der Waals surface area contributed by atoms with Crippen LogP contribution in [0.25, 0.3) is 22.3 Å². The van der Waals surface area contributed by atoms with Crippen LogP contribution in [-0.2, 0) is 0 Å². The third-order valence-electron chi connectivity index (χ3n) is 6.69. The van der Waals surface area contributed by atoms with Crippen molar-refractivity contribution in [3.05, 3.63) is 124 Å². The van der Waals surface area contributed by atoms with Crippen molar-refractivity contribution in [2.75, 3.05) is 11.5 Å². The van der Waals surface area contributed by atoms with Crippen molar-refractivity contribution in [3.63, 3.8) is 0 Å². The highest BCUT2D eigenvalue weighted by Crippen LogP contribution is 2.46. The minimum Gasteiger partial charge on any atom is -0.506 e. The first-order chi connectivity index (χ1) is 18.5. The molecular formula is C30H21N5O3. The number of nitrogens with two attached hydrogens (primary N) is 2. The van der Waals surface area contributed by atoms with Crippen LogP contribution in [0, 0.1) is 11.3 Å². The summed E-state index contributed by atoms with van der Waals surface area (Å²) < 4.78 is 7.68. The predicted molar refractivity (Wildman–Crippen MR) is 146 cm³/mol. The lowest BCUT2D eigenvalue weighted by atomic mass is 9.87. The highest BCUT2D eigenvalue weighted by atomic mass is 16.5. The van der Waals surface area contributed by atoms with Gasteiger partial charge in [0, 0.05) is 17.0 Å². The Labute approximate surface area is 217 Å². The van der Waals surface area contributed by atoms with Crippen molar-refractivity contribution in [2.45, 2.75) is 5.92 Å². The number of para-hydroxylation sites is 2. The Morgan fingerprint density at radius 1 is 0.947 bits per heavy atom. The zero-order valence-corrected chi connectivity index (χ0v) is 20.0. The zero-order valence-electron chi connectivity index (χ0n) is 20.0. The highest BCUT2D eigenvalue weighted by Gasteiger charge is 2.33. The normalized spacial score (nSPS) is 14.3. The molecule has 3 heterocycles. The molecule has 8 heteroatoms. The van der Waals surface area contributed by atoms with E-state index in [0.29, 0.717) is 22.2 Å². The van der Waals surface area contributed by atoms with Crippen LogP contribution in [-0.4, -0.2) is 14.7 Å². The molecular weight excluding hydrogens is 478 g/mol. The van der Waals surface area contributed by atoms with Gasteiger partial charge in [-0.2, -0.15) is 10.2 Å². The van der Waals surface area contributed by atoms with E-state index in [9.17, 15) is 15.2 Å². The van der Waals surface area contributed by atoms with Crippen molar-refractivity contribution < 1.29 is 9.84 Å². The number of nitrogen functional groups attached to an aromatic ring is 2. The van der Waals surface area contributed by atoms with Gasteiger partial charge in [-0.05, 0) is 35.9 Å². The number of fused-ring (bicyclic) bond motifs is 2. The Hall–Kier alpha value is -5.55. The maximum atomic E-state index is 14.1. The molecule has 0 saturated heterocycles. The fraction of sp³-hybridized carbons (Fsp3) is 0.0333. The number of aromatic nitrogens is 2. The summed E-state index contributed by atoms with van der Waals surface area (Å²) in [4.78, 5) is 18.4. The molecule has 0 aliphatic carbocycles. The first-order valence-corrected chi connectivity index (χ1v) is 11.9. The molecule has 1 atom stereocenters. The maximum Gasteiger partial charge on any atom is 0.270 e. The third kappa shape index (κ3) is 3.45. The van der Waals surface area contributed by atoms with E-state index in [1.54, 1.807) is 30.3 Å². The van der Waals surface area contributed by atoms with Gasteiger partial charge in [-0.1, -0.05) is 60.7 Å². The molecule has 184 valence electrons. The van der Waals surface area contributed by atoms with E-state index in [1.165, 1.54) is 4.57 Å². The lowest BCUT2D eigenvalue weighted by Crippen LogP contribution is -2.25. The van der Waals surface area contributed by atoms with E-state index in [-0.39, 0.29) is 40.0 Å². The molecule has 3 aromatic carbocycles. The van der Waals surface area contributed by atoms with Crippen LogP contribution in [0.1, 0.15) is 28.2 Å². The van der Waals surface area contributed by atoms with Gasteiger partial charge < -0.3 is 21.3 Å². The van der Waals surface area contributed by atoms with Crippen molar-refractivity contribution in [1.29, 1.82) is 5.26 Å². The summed E-state index contributed by atoms with van der Waals surface area (Å²) in [7, 11) is 0. The summed E-state index contributed by atoms with van der Waals surface area (Å²) in [5.74, 6) is -0.635. The average molecular weight is 500 g/mol. The maximum absolute atomic E-state index is 14.1. The molecule has 0 fully saturated rings. The van der Waals surface area contributed by atoms with Crippen LogP contribution >= 0.6 is 0 Å². The Balaban J connectivity index is 1.67. The lowest BCUT2D eigenvalue weighted by Gasteiger charge is -2.27. The first kappa shape index (κ1) is 22.9. The summed E-state index contributed by atoms with van der Waals surface area (Å²) in [6.45, 7) is 0. The molecule has 2 aromatic heterocycles. The van der Waals surface area contributed by atoms with E-state index in [1.807, 2.05) is 66.7 Å². The summed E-state index contributed by atoms with van der Waals surface area (Å²) in [5, 5.41) is 21.5. The highest BCUT2D eigenvalue weighted by molar-refractivity contribution is 5.92. The Bertz CT molecular complexity index is 1860. The quantitative estimate of drug-likeness (QED) is 0.327. The number of ether oxygens (including phenoxy) is 1. The number of hydrogen-bond donors (Lipinski definition) is 3. The largest absolute Gasteiger partial charge is 0.506 e. The van der Waals surface area contributed by atoms with Gasteiger partial charge in [0.05, 0.1) is 16.8 Å². The van der Waals surface area contributed by atoms with E-state index in [4.69, 9.17) is 16.2 Å². The second kappa shape index (κ2) is 8.84. The van der Waals surface area contributed by atoms with Crippen LogP contribution in [0.15, 0.2) is 95.8 Å². The molecule has 8 nitrogen and oxygen atoms in total. The summed E-state index contributed by atoms with van der Waals surface area (Å²) >= 11 is 0. The molecule has 0 saturated carbocycles. The third-order valence-corrected chi connectivity index (χ3v) is 6.69. The van der Waals surface area contributed by atoms with E-state index in [2.05, 4.69) is 4.98 Å². The van der Waals surface area contributed by atoms with Gasteiger partial charge in [-0.25, -0.2) is 0 Å². The van der Waals surface area contributed by atoms with Crippen LogP contribution in [0.2, 0.25) is 0 Å². The first-order valence-electron chi connectivity index (χ1n) is 11.9. The van der Waals surface area contributed by atoms with Crippen LogP contribution in [0.3, 0.4) is 0 Å². The molecule has 1 unspecified atom stereocenters. The Morgan fingerprint density at radius 2 is 1.61 bits per heavy atom. The molecule has 38 heavy (non-hydrogen) atoms.